The minimum absolute atomic E-state index is 0.188. The highest BCUT2D eigenvalue weighted by molar-refractivity contribution is 6.29. The lowest BCUT2D eigenvalue weighted by Gasteiger charge is -2.05. The molecule has 1 heterocycles. The standard InChI is InChI=1S/C13H11ClN2O/c1-10(14)9-16-13(17)8-7-12(15-16)11-5-3-2-4-6-11/h2-8H,1,9H2. The molecule has 0 spiro atoms. The quantitative estimate of drug-likeness (QED) is 0.835. The van der Waals surface area contributed by atoms with Gasteiger partial charge in [0.15, 0.2) is 0 Å². The smallest absolute Gasteiger partial charge is 0.267 e. The Bertz CT molecular complexity index is 590. The first kappa shape index (κ1) is 11.6. The molecule has 2 rings (SSSR count). The average Bonchev–Trinajstić information content (AvgIpc) is 2.32. The molecule has 0 radical (unpaired) electrons. The number of aromatic nitrogens is 2. The summed E-state index contributed by atoms with van der Waals surface area (Å²) in [6.45, 7) is 3.78. The zero-order valence-electron chi connectivity index (χ0n) is 9.14. The highest BCUT2D eigenvalue weighted by Crippen LogP contribution is 2.14. The summed E-state index contributed by atoms with van der Waals surface area (Å²) in [4.78, 5) is 11.5. The van der Waals surface area contributed by atoms with E-state index in [-0.39, 0.29) is 12.1 Å². The van der Waals surface area contributed by atoms with Crippen molar-refractivity contribution in [2.24, 2.45) is 0 Å². The highest BCUT2D eigenvalue weighted by atomic mass is 35.5. The SMILES string of the molecule is C=C(Cl)Cn1nc(-c2ccccc2)ccc1=O. The Balaban J connectivity index is 2.44. The van der Waals surface area contributed by atoms with Crippen LogP contribution in [0.3, 0.4) is 0 Å². The summed E-state index contributed by atoms with van der Waals surface area (Å²) in [6, 6.07) is 12.8. The van der Waals surface area contributed by atoms with Crippen LogP contribution in [0.2, 0.25) is 0 Å². The van der Waals surface area contributed by atoms with Crippen molar-refractivity contribution in [2.45, 2.75) is 6.54 Å². The predicted octanol–water partition coefficient (Wildman–Crippen LogP) is 2.66. The lowest BCUT2D eigenvalue weighted by atomic mass is 10.1. The van der Waals surface area contributed by atoms with Crippen LogP contribution in [0.4, 0.5) is 0 Å². The topological polar surface area (TPSA) is 34.9 Å². The van der Waals surface area contributed by atoms with Crippen molar-refractivity contribution in [3.8, 4) is 11.3 Å². The van der Waals surface area contributed by atoms with Crippen LogP contribution in [0.15, 0.2) is 58.9 Å². The van der Waals surface area contributed by atoms with Crippen LogP contribution in [0.5, 0.6) is 0 Å². The van der Waals surface area contributed by atoms with Gasteiger partial charge in [-0.2, -0.15) is 5.10 Å². The van der Waals surface area contributed by atoms with Gasteiger partial charge in [0, 0.05) is 16.7 Å². The zero-order chi connectivity index (χ0) is 12.3. The molecule has 0 unspecified atom stereocenters. The number of nitrogens with zero attached hydrogens (tertiary/aromatic N) is 2. The van der Waals surface area contributed by atoms with Gasteiger partial charge in [0.1, 0.15) is 0 Å². The molecule has 1 aromatic heterocycles. The van der Waals surface area contributed by atoms with Crippen molar-refractivity contribution in [3.05, 3.63) is 64.4 Å². The molecular weight excluding hydrogens is 236 g/mol. The first-order chi connectivity index (χ1) is 8.16. The largest absolute Gasteiger partial charge is 0.268 e. The number of halogens is 1. The normalized spacial score (nSPS) is 10.2. The van der Waals surface area contributed by atoms with Crippen LogP contribution in [-0.4, -0.2) is 9.78 Å². The monoisotopic (exact) mass is 246 g/mol. The second kappa shape index (κ2) is 4.97. The van der Waals surface area contributed by atoms with E-state index >= 15 is 0 Å². The van der Waals surface area contributed by atoms with Gasteiger partial charge in [0.05, 0.1) is 12.2 Å². The summed E-state index contributed by atoms with van der Waals surface area (Å²) in [5, 5.41) is 4.62. The fourth-order valence-corrected chi connectivity index (χ4v) is 1.60. The van der Waals surface area contributed by atoms with Gasteiger partial charge in [-0.25, -0.2) is 4.68 Å². The van der Waals surface area contributed by atoms with E-state index in [1.54, 1.807) is 6.07 Å². The van der Waals surface area contributed by atoms with Crippen LogP contribution in [0.25, 0.3) is 11.3 Å². The molecule has 2 aromatic rings. The first-order valence-electron chi connectivity index (χ1n) is 5.14. The molecule has 0 atom stereocenters. The third kappa shape index (κ3) is 2.82. The first-order valence-corrected chi connectivity index (χ1v) is 5.51. The van der Waals surface area contributed by atoms with Gasteiger partial charge in [0.2, 0.25) is 0 Å². The highest BCUT2D eigenvalue weighted by Gasteiger charge is 2.03. The molecule has 0 amide bonds. The maximum atomic E-state index is 11.5. The summed E-state index contributed by atoms with van der Waals surface area (Å²) in [7, 11) is 0. The van der Waals surface area contributed by atoms with Crippen LogP contribution >= 0.6 is 11.6 Å². The third-order valence-electron chi connectivity index (χ3n) is 2.26. The summed E-state index contributed by atoms with van der Waals surface area (Å²) in [5.74, 6) is 0. The van der Waals surface area contributed by atoms with Crippen LogP contribution < -0.4 is 5.56 Å². The minimum Gasteiger partial charge on any atom is -0.268 e. The molecule has 4 heteroatoms. The maximum Gasteiger partial charge on any atom is 0.267 e. The van der Waals surface area contributed by atoms with Gasteiger partial charge in [-0.05, 0) is 6.07 Å². The van der Waals surface area contributed by atoms with E-state index in [1.165, 1.54) is 10.7 Å². The molecule has 0 saturated carbocycles. The Labute approximate surface area is 104 Å². The summed E-state index contributed by atoms with van der Waals surface area (Å²) >= 11 is 5.69. The van der Waals surface area contributed by atoms with E-state index in [1.807, 2.05) is 30.3 Å². The summed E-state index contributed by atoms with van der Waals surface area (Å²) < 4.78 is 1.30. The molecular formula is C13H11ClN2O. The molecule has 0 fully saturated rings. The van der Waals surface area contributed by atoms with Crippen molar-refractivity contribution >= 4 is 11.6 Å². The Morgan fingerprint density at radius 2 is 1.94 bits per heavy atom. The Hall–Kier alpha value is -1.87. The fourth-order valence-electron chi connectivity index (χ4n) is 1.49. The van der Waals surface area contributed by atoms with E-state index in [0.29, 0.717) is 5.03 Å². The molecule has 0 bridgehead atoms. The molecule has 0 aliphatic heterocycles. The predicted molar refractivity (Wildman–Crippen MR) is 68.9 cm³/mol. The molecule has 1 aromatic carbocycles. The van der Waals surface area contributed by atoms with Crippen LogP contribution in [-0.2, 0) is 6.54 Å². The van der Waals surface area contributed by atoms with Crippen molar-refractivity contribution in [2.75, 3.05) is 0 Å². The minimum atomic E-state index is -0.188. The fraction of sp³-hybridized carbons (Fsp3) is 0.0769. The molecule has 86 valence electrons. The Kier molecular flexibility index (Phi) is 3.40. The Morgan fingerprint density at radius 3 is 2.59 bits per heavy atom. The van der Waals surface area contributed by atoms with Crippen molar-refractivity contribution < 1.29 is 0 Å². The van der Waals surface area contributed by atoms with Gasteiger partial charge in [0.25, 0.3) is 5.56 Å². The number of allylic oxidation sites excluding steroid dienone is 1. The molecule has 0 saturated heterocycles. The number of benzene rings is 1. The summed E-state index contributed by atoms with van der Waals surface area (Å²) in [5.41, 5.74) is 1.51. The van der Waals surface area contributed by atoms with Gasteiger partial charge in [-0.1, -0.05) is 48.5 Å². The van der Waals surface area contributed by atoms with E-state index in [0.717, 1.165) is 11.3 Å². The third-order valence-corrected chi connectivity index (χ3v) is 2.38. The van der Waals surface area contributed by atoms with Gasteiger partial charge in [-0.15, -0.1) is 0 Å². The Morgan fingerprint density at radius 1 is 1.24 bits per heavy atom. The van der Waals surface area contributed by atoms with E-state index in [2.05, 4.69) is 11.7 Å². The molecule has 17 heavy (non-hydrogen) atoms. The maximum absolute atomic E-state index is 11.5. The second-order valence-electron chi connectivity index (χ2n) is 3.60. The number of rotatable bonds is 3. The average molecular weight is 247 g/mol. The van der Waals surface area contributed by atoms with Crippen LogP contribution in [0.1, 0.15) is 0 Å². The van der Waals surface area contributed by atoms with E-state index in [4.69, 9.17) is 11.6 Å². The van der Waals surface area contributed by atoms with Crippen molar-refractivity contribution in [1.29, 1.82) is 0 Å². The van der Waals surface area contributed by atoms with Gasteiger partial charge >= 0.3 is 0 Å². The second-order valence-corrected chi connectivity index (χ2v) is 4.13. The lowest BCUT2D eigenvalue weighted by molar-refractivity contribution is 0.650. The van der Waals surface area contributed by atoms with Crippen molar-refractivity contribution in [3.63, 3.8) is 0 Å². The number of hydrogen-bond donors (Lipinski definition) is 0. The molecule has 0 N–H and O–H groups in total. The zero-order valence-corrected chi connectivity index (χ0v) is 9.89. The van der Waals surface area contributed by atoms with Crippen LogP contribution in [0, 0.1) is 0 Å². The van der Waals surface area contributed by atoms with E-state index in [9.17, 15) is 4.79 Å². The van der Waals surface area contributed by atoms with Gasteiger partial charge < -0.3 is 0 Å². The molecule has 0 aliphatic carbocycles. The summed E-state index contributed by atoms with van der Waals surface area (Å²) in [6.07, 6.45) is 0. The van der Waals surface area contributed by atoms with E-state index < -0.39 is 0 Å². The number of hydrogen-bond acceptors (Lipinski definition) is 2. The van der Waals surface area contributed by atoms with Crippen molar-refractivity contribution in [1.82, 2.24) is 9.78 Å². The van der Waals surface area contributed by atoms with Gasteiger partial charge in [-0.3, -0.25) is 4.79 Å². The lowest BCUT2D eigenvalue weighted by Crippen LogP contribution is -2.22. The molecule has 0 aliphatic rings. The molecule has 3 nitrogen and oxygen atoms in total.